The minimum Gasteiger partial charge on any atom is -0.481 e. The number of hydrogen-bond donors (Lipinski definition) is 1. The minimum atomic E-state index is -1.11. The fourth-order valence-corrected chi connectivity index (χ4v) is 2.43. The summed E-state index contributed by atoms with van der Waals surface area (Å²) in [4.78, 5) is 24.9. The van der Waals surface area contributed by atoms with E-state index in [1.54, 1.807) is 31.3 Å². The molecule has 1 unspecified atom stereocenters. The van der Waals surface area contributed by atoms with Crippen LogP contribution in [0.1, 0.15) is 24.3 Å². The van der Waals surface area contributed by atoms with Crippen molar-refractivity contribution in [3.8, 4) is 0 Å². The molecule has 0 aliphatic heterocycles. The smallest absolute Gasteiger partial charge is 0.303 e. The van der Waals surface area contributed by atoms with E-state index in [-0.39, 0.29) is 24.3 Å². The van der Waals surface area contributed by atoms with E-state index in [4.69, 9.17) is 5.11 Å². The molecule has 1 amide bonds. The summed E-state index contributed by atoms with van der Waals surface area (Å²) in [6, 6.07) is 12.1. The van der Waals surface area contributed by atoms with E-state index in [1.807, 2.05) is 6.07 Å². The second kappa shape index (κ2) is 7.68. The predicted molar refractivity (Wildman–Crippen MR) is 85.8 cm³/mol. The van der Waals surface area contributed by atoms with Crippen LogP contribution in [0.4, 0.5) is 14.5 Å². The van der Waals surface area contributed by atoms with Gasteiger partial charge in [0.2, 0.25) is 5.91 Å². The Labute approximate surface area is 138 Å². The normalized spacial score (nSPS) is 11.8. The number of rotatable bonds is 6. The number of carboxylic acids is 1. The number of carbonyl (C=O) groups excluding carboxylic acids is 1. The van der Waals surface area contributed by atoms with Crippen LogP contribution in [0.5, 0.6) is 0 Å². The van der Waals surface area contributed by atoms with E-state index < -0.39 is 23.5 Å². The standard InChI is InChI=1S/C18H17F2NO3/c1-21(14-5-3-2-4-6-14)17(22)10-13(11-18(23)24)12-7-8-15(19)16(20)9-12/h2-9,13H,10-11H2,1H3,(H,23,24). The number of carboxylic acid groups (broad SMARTS) is 1. The number of hydrogen-bond acceptors (Lipinski definition) is 2. The molecule has 0 aliphatic carbocycles. The Balaban J connectivity index is 2.20. The monoisotopic (exact) mass is 333 g/mol. The number of halogens is 2. The zero-order chi connectivity index (χ0) is 17.7. The van der Waals surface area contributed by atoms with Crippen LogP contribution >= 0.6 is 0 Å². The predicted octanol–water partition coefficient (Wildman–Crippen LogP) is 3.58. The molecule has 0 saturated heterocycles. The third-order valence-electron chi connectivity index (χ3n) is 3.77. The summed E-state index contributed by atoms with van der Waals surface area (Å²) in [5, 5.41) is 9.04. The van der Waals surface area contributed by atoms with E-state index in [0.717, 1.165) is 12.1 Å². The highest BCUT2D eigenvalue weighted by atomic mass is 19.2. The highest BCUT2D eigenvalue weighted by Crippen LogP contribution is 2.27. The highest BCUT2D eigenvalue weighted by Gasteiger charge is 2.23. The SMILES string of the molecule is CN(C(=O)CC(CC(=O)O)c1ccc(F)c(F)c1)c1ccccc1. The summed E-state index contributed by atoms with van der Waals surface area (Å²) >= 11 is 0. The fraction of sp³-hybridized carbons (Fsp3) is 0.222. The molecule has 126 valence electrons. The summed E-state index contributed by atoms with van der Waals surface area (Å²) < 4.78 is 26.5. The van der Waals surface area contributed by atoms with Crippen molar-refractivity contribution < 1.29 is 23.5 Å². The Morgan fingerprint density at radius 1 is 1.04 bits per heavy atom. The molecule has 2 aromatic carbocycles. The van der Waals surface area contributed by atoms with Gasteiger partial charge < -0.3 is 10.0 Å². The van der Waals surface area contributed by atoms with Crippen molar-refractivity contribution >= 4 is 17.6 Å². The lowest BCUT2D eigenvalue weighted by atomic mass is 9.91. The Bertz CT molecular complexity index is 734. The van der Waals surface area contributed by atoms with Crippen LogP contribution < -0.4 is 4.90 Å². The zero-order valence-corrected chi connectivity index (χ0v) is 13.1. The second-order valence-electron chi connectivity index (χ2n) is 5.46. The van der Waals surface area contributed by atoms with Crippen LogP contribution in [0.25, 0.3) is 0 Å². The average Bonchev–Trinajstić information content (AvgIpc) is 2.56. The minimum absolute atomic E-state index is 0.122. The molecule has 0 heterocycles. The molecule has 2 aromatic rings. The third-order valence-corrected chi connectivity index (χ3v) is 3.77. The number of amides is 1. The van der Waals surface area contributed by atoms with E-state index >= 15 is 0 Å². The van der Waals surface area contributed by atoms with Crippen molar-refractivity contribution in [2.24, 2.45) is 0 Å². The number of benzene rings is 2. The van der Waals surface area contributed by atoms with Gasteiger partial charge in [0.15, 0.2) is 11.6 Å². The first-order chi connectivity index (χ1) is 11.4. The van der Waals surface area contributed by atoms with Gasteiger partial charge in [-0.05, 0) is 29.8 Å². The number of nitrogens with zero attached hydrogens (tertiary/aromatic N) is 1. The summed E-state index contributed by atoms with van der Waals surface area (Å²) in [5.74, 6) is -4.24. The summed E-state index contributed by atoms with van der Waals surface area (Å²) in [6.07, 6.45) is -0.470. The number of anilines is 1. The first kappa shape index (κ1) is 17.6. The van der Waals surface area contributed by atoms with Crippen molar-refractivity contribution in [3.63, 3.8) is 0 Å². The van der Waals surface area contributed by atoms with Crippen molar-refractivity contribution in [1.82, 2.24) is 0 Å². The van der Waals surface area contributed by atoms with E-state index in [1.165, 1.54) is 11.0 Å². The maximum absolute atomic E-state index is 13.4. The average molecular weight is 333 g/mol. The second-order valence-corrected chi connectivity index (χ2v) is 5.46. The zero-order valence-electron chi connectivity index (χ0n) is 13.1. The first-order valence-corrected chi connectivity index (χ1v) is 7.37. The Hall–Kier alpha value is -2.76. The summed E-state index contributed by atoms with van der Waals surface area (Å²) in [5.41, 5.74) is 0.952. The molecule has 0 radical (unpaired) electrons. The lowest BCUT2D eigenvalue weighted by molar-refractivity contribution is -0.137. The molecule has 24 heavy (non-hydrogen) atoms. The fourth-order valence-electron chi connectivity index (χ4n) is 2.43. The van der Waals surface area contributed by atoms with Gasteiger partial charge >= 0.3 is 5.97 Å². The molecule has 0 saturated carbocycles. The summed E-state index contributed by atoms with van der Waals surface area (Å²) in [6.45, 7) is 0. The summed E-state index contributed by atoms with van der Waals surface area (Å²) in [7, 11) is 1.58. The molecule has 0 fully saturated rings. The van der Waals surface area contributed by atoms with Gasteiger partial charge in [-0.15, -0.1) is 0 Å². The van der Waals surface area contributed by atoms with Crippen LogP contribution in [-0.4, -0.2) is 24.0 Å². The van der Waals surface area contributed by atoms with Crippen LogP contribution in [0.15, 0.2) is 48.5 Å². The molecule has 0 aliphatic rings. The van der Waals surface area contributed by atoms with Crippen LogP contribution in [0.3, 0.4) is 0 Å². The van der Waals surface area contributed by atoms with Crippen molar-refractivity contribution in [1.29, 1.82) is 0 Å². The first-order valence-electron chi connectivity index (χ1n) is 7.37. The molecule has 6 heteroatoms. The van der Waals surface area contributed by atoms with Crippen LogP contribution in [0, 0.1) is 11.6 Å². The van der Waals surface area contributed by atoms with Gasteiger partial charge in [0.1, 0.15) is 0 Å². The quantitative estimate of drug-likeness (QED) is 0.879. The van der Waals surface area contributed by atoms with Crippen LogP contribution in [0.2, 0.25) is 0 Å². The molecule has 0 aromatic heterocycles. The van der Waals surface area contributed by atoms with E-state index in [0.29, 0.717) is 5.69 Å². The van der Waals surface area contributed by atoms with Gasteiger partial charge in [0, 0.05) is 25.1 Å². The Morgan fingerprint density at radius 3 is 2.29 bits per heavy atom. The van der Waals surface area contributed by atoms with E-state index in [9.17, 15) is 18.4 Å². The van der Waals surface area contributed by atoms with Crippen molar-refractivity contribution in [2.75, 3.05) is 11.9 Å². The topological polar surface area (TPSA) is 57.6 Å². The lowest BCUT2D eigenvalue weighted by Gasteiger charge is -2.21. The molecule has 1 N–H and O–H groups in total. The van der Waals surface area contributed by atoms with Gasteiger partial charge in [0.25, 0.3) is 0 Å². The molecule has 0 spiro atoms. The highest BCUT2D eigenvalue weighted by molar-refractivity contribution is 5.93. The molecular weight excluding hydrogens is 316 g/mol. The number of carbonyl (C=O) groups is 2. The van der Waals surface area contributed by atoms with Gasteiger partial charge in [0.05, 0.1) is 6.42 Å². The van der Waals surface area contributed by atoms with Crippen molar-refractivity contribution in [2.45, 2.75) is 18.8 Å². The third kappa shape index (κ3) is 4.38. The molecule has 0 bridgehead atoms. The molecule has 4 nitrogen and oxygen atoms in total. The van der Waals surface area contributed by atoms with Gasteiger partial charge in [-0.1, -0.05) is 24.3 Å². The number of aliphatic carboxylic acids is 1. The lowest BCUT2D eigenvalue weighted by Crippen LogP contribution is -2.28. The van der Waals surface area contributed by atoms with Crippen LogP contribution in [-0.2, 0) is 9.59 Å². The molecular formula is C18H17F2NO3. The Kier molecular flexibility index (Phi) is 5.63. The molecule has 1 atom stereocenters. The largest absolute Gasteiger partial charge is 0.481 e. The van der Waals surface area contributed by atoms with Gasteiger partial charge in [-0.25, -0.2) is 8.78 Å². The van der Waals surface area contributed by atoms with E-state index in [2.05, 4.69) is 0 Å². The maximum atomic E-state index is 13.4. The van der Waals surface area contributed by atoms with Gasteiger partial charge in [-0.2, -0.15) is 0 Å². The van der Waals surface area contributed by atoms with Crippen molar-refractivity contribution in [3.05, 3.63) is 65.7 Å². The maximum Gasteiger partial charge on any atom is 0.303 e. The van der Waals surface area contributed by atoms with Gasteiger partial charge in [-0.3, -0.25) is 9.59 Å². The molecule has 2 rings (SSSR count). The Morgan fingerprint density at radius 2 is 1.71 bits per heavy atom. The number of para-hydroxylation sites is 1.